The van der Waals surface area contributed by atoms with Crippen LogP contribution in [-0.4, -0.2) is 38.6 Å². The summed E-state index contributed by atoms with van der Waals surface area (Å²) in [5.74, 6) is 2.27. The van der Waals surface area contributed by atoms with Gasteiger partial charge in [0, 0.05) is 5.92 Å². The highest BCUT2D eigenvalue weighted by molar-refractivity contribution is 5.44. The van der Waals surface area contributed by atoms with Gasteiger partial charge in [-0.2, -0.15) is 0 Å². The zero-order chi connectivity index (χ0) is 18.8. The molecule has 144 valence electrons. The van der Waals surface area contributed by atoms with E-state index in [1.807, 2.05) is 0 Å². The van der Waals surface area contributed by atoms with Crippen LogP contribution in [0.4, 0.5) is 0 Å². The summed E-state index contributed by atoms with van der Waals surface area (Å²) < 4.78 is 22.2. The lowest BCUT2D eigenvalue weighted by molar-refractivity contribution is 0.261. The summed E-state index contributed by atoms with van der Waals surface area (Å²) in [7, 11) is 0. The van der Waals surface area contributed by atoms with Gasteiger partial charge in [-0.25, -0.2) is 0 Å². The van der Waals surface area contributed by atoms with Crippen LogP contribution >= 0.6 is 0 Å². The number of benzene rings is 2. The zero-order valence-corrected chi connectivity index (χ0v) is 16.4. The van der Waals surface area contributed by atoms with Crippen LogP contribution < -0.4 is 9.47 Å². The summed E-state index contributed by atoms with van der Waals surface area (Å²) in [5.41, 5.74) is 4.99. The number of aryl methyl sites for hydroxylation is 2. The second kappa shape index (κ2) is 7.91. The number of epoxide rings is 2. The quantitative estimate of drug-likeness (QED) is 0.615. The van der Waals surface area contributed by atoms with Crippen molar-refractivity contribution >= 4 is 0 Å². The van der Waals surface area contributed by atoms with Gasteiger partial charge in [-0.3, -0.25) is 0 Å². The van der Waals surface area contributed by atoms with Gasteiger partial charge in [-0.05, 0) is 54.7 Å². The molecule has 2 unspecified atom stereocenters. The molecule has 0 spiro atoms. The molecule has 0 N–H and O–H groups in total. The van der Waals surface area contributed by atoms with E-state index in [9.17, 15) is 0 Å². The van der Waals surface area contributed by atoms with Crippen LogP contribution in [0, 0.1) is 13.8 Å². The summed E-state index contributed by atoms with van der Waals surface area (Å²) in [5, 5.41) is 0. The Kier molecular flexibility index (Phi) is 5.37. The van der Waals surface area contributed by atoms with Crippen molar-refractivity contribution in [3.63, 3.8) is 0 Å². The fourth-order valence-corrected chi connectivity index (χ4v) is 3.46. The van der Waals surface area contributed by atoms with Crippen LogP contribution in [0.1, 0.15) is 41.5 Å². The van der Waals surface area contributed by atoms with Crippen molar-refractivity contribution in [1.29, 1.82) is 0 Å². The monoisotopic (exact) mass is 368 g/mol. The highest BCUT2D eigenvalue weighted by Gasteiger charge is 2.24. The molecule has 2 atom stereocenters. The lowest BCUT2D eigenvalue weighted by atomic mass is 9.87. The average Bonchev–Trinajstić information content (AvgIpc) is 3.55. The summed E-state index contributed by atoms with van der Waals surface area (Å²) >= 11 is 0. The molecule has 4 rings (SSSR count). The fraction of sp³-hybridized carbons (Fsp3) is 0.478. The Hall–Kier alpha value is -2.04. The minimum Gasteiger partial charge on any atom is -0.491 e. The van der Waals surface area contributed by atoms with Gasteiger partial charge < -0.3 is 18.9 Å². The molecule has 27 heavy (non-hydrogen) atoms. The first-order valence-corrected chi connectivity index (χ1v) is 9.84. The van der Waals surface area contributed by atoms with Crippen molar-refractivity contribution in [3.05, 3.63) is 58.7 Å². The maximum Gasteiger partial charge on any atom is 0.122 e. The van der Waals surface area contributed by atoms with Crippen LogP contribution in [0.15, 0.2) is 36.4 Å². The molecule has 4 heteroatoms. The second-order valence-corrected chi connectivity index (χ2v) is 7.54. The van der Waals surface area contributed by atoms with Gasteiger partial charge >= 0.3 is 0 Å². The number of ether oxygens (including phenoxy) is 4. The Balaban J connectivity index is 1.48. The number of rotatable bonds is 9. The van der Waals surface area contributed by atoms with E-state index in [0.717, 1.165) is 31.1 Å². The first-order chi connectivity index (χ1) is 13.1. The molecule has 0 saturated carbocycles. The van der Waals surface area contributed by atoms with E-state index >= 15 is 0 Å². The van der Waals surface area contributed by atoms with Gasteiger partial charge in [0.15, 0.2) is 0 Å². The van der Waals surface area contributed by atoms with E-state index in [1.54, 1.807) is 0 Å². The van der Waals surface area contributed by atoms with E-state index in [-0.39, 0.29) is 12.2 Å². The molecular formula is C23H28O4. The van der Waals surface area contributed by atoms with Crippen molar-refractivity contribution in [2.45, 2.75) is 45.3 Å². The third kappa shape index (κ3) is 4.63. The van der Waals surface area contributed by atoms with Gasteiger partial charge in [0.1, 0.15) is 36.9 Å². The SMILES string of the molecule is CCC(c1ccc(OCC2CO2)c(C)c1)c1ccc(OCC2CO2)c(C)c1. The highest BCUT2D eigenvalue weighted by Crippen LogP contribution is 2.33. The smallest absolute Gasteiger partial charge is 0.122 e. The van der Waals surface area contributed by atoms with E-state index in [1.165, 1.54) is 22.3 Å². The van der Waals surface area contributed by atoms with Gasteiger partial charge in [0.2, 0.25) is 0 Å². The minimum atomic E-state index is 0.280. The molecule has 2 aliphatic heterocycles. The Labute approximate surface area is 161 Å². The molecule has 2 aromatic carbocycles. The molecule has 2 heterocycles. The topological polar surface area (TPSA) is 43.5 Å². The zero-order valence-electron chi connectivity index (χ0n) is 16.4. The van der Waals surface area contributed by atoms with Crippen molar-refractivity contribution in [1.82, 2.24) is 0 Å². The summed E-state index contributed by atoms with van der Waals surface area (Å²) in [4.78, 5) is 0. The molecule has 2 aromatic rings. The Morgan fingerprint density at radius 1 is 0.852 bits per heavy atom. The highest BCUT2D eigenvalue weighted by atomic mass is 16.6. The van der Waals surface area contributed by atoms with E-state index in [2.05, 4.69) is 57.2 Å². The summed E-state index contributed by atoms with van der Waals surface area (Å²) in [6, 6.07) is 13.1. The maximum atomic E-state index is 5.87. The third-order valence-corrected chi connectivity index (χ3v) is 5.27. The number of hydrogen-bond acceptors (Lipinski definition) is 4. The van der Waals surface area contributed by atoms with Crippen LogP contribution in [0.2, 0.25) is 0 Å². The minimum absolute atomic E-state index is 0.280. The molecule has 0 aromatic heterocycles. The predicted octanol–water partition coefficient (Wildman–Crippen LogP) is 4.40. The molecule has 0 amide bonds. The van der Waals surface area contributed by atoms with Crippen molar-refractivity contribution < 1.29 is 18.9 Å². The molecule has 2 fully saturated rings. The average molecular weight is 368 g/mol. The summed E-state index contributed by atoms with van der Waals surface area (Å²) in [6.45, 7) is 9.39. The van der Waals surface area contributed by atoms with Crippen molar-refractivity contribution in [2.75, 3.05) is 26.4 Å². The molecular weight excluding hydrogens is 340 g/mol. The van der Waals surface area contributed by atoms with E-state index < -0.39 is 0 Å². The van der Waals surface area contributed by atoms with Crippen LogP contribution in [-0.2, 0) is 9.47 Å². The Bertz CT molecular complexity index is 727. The molecule has 0 aliphatic carbocycles. The van der Waals surface area contributed by atoms with Crippen molar-refractivity contribution in [3.8, 4) is 11.5 Å². The summed E-state index contributed by atoms with van der Waals surface area (Å²) in [6.07, 6.45) is 1.61. The molecule has 0 radical (unpaired) electrons. The van der Waals surface area contributed by atoms with Gasteiger partial charge in [-0.1, -0.05) is 31.2 Å². The largest absolute Gasteiger partial charge is 0.491 e. The third-order valence-electron chi connectivity index (χ3n) is 5.27. The molecule has 2 saturated heterocycles. The maximum absolute atomic E-state index is 5.87. The normalized spacial score (nSPS) is 21.6. The lowest BCUT2D eigenvalue weighted by Gasteiger charge is -2.19. The molecule has 4 nitrogen and oxygen atoms in total. The Morgan fingerprint density at radius 3 is 1.63 bits per heavy atom. The van der Waals surface area contributed by atoms with E-state index in [4.69, 9.17) is 18.9 Å². The lowest BCUT2D eigenvalue weighted by Crippen LogP contribution is -2.07. The Morgan fingerprint density at radius 2 is 1.30 bits per heavy atom. The molecule has 2 aliphatic rings. The van der Waals surface area contributed by atoms with Crippen LogP contribution in [0.25, 0.3) is 0 Å². The van der Waals surface area contributed by atoms with E-state index in [0.29, 0.717) is 19.1 Å². The van der Waals surface area contributed by atoms with Gasteiger partial charge in [0.05, 0.1) is 13.2 Å². The van der Waals surface area contributed by atoms with Crippen molar-refractivity contribution in [2.24, 2.45) is 0 Å². The first kappa shape index (κ1) is 18.3. The first-order valence-electron chi connectivity index (χ1n) is 9.84. The van der Waals surface area contributed by atoms with Crippen LogP contribution in [0.3, 0.4) is 0 Å². The van der Waals surface area contributed by atoms with Gasteiger partial charge in [0.25, 0.3) is 0 Å². The van der Waals surface area contributed by atoms with Crippen LogP contribution in [0.5, 0.6) is 11.5 Å². The predicted molar refractivity (Wildman–Crippen MR) is 105 cm³/mol. The second-order valence-electron chi connectivity index (χ2n) is 7.54. The van der Waals surface area contributed by atoms with Gasteiger partial charge in [-0.15, -0.1) is 0 Å². The standard InChI is InChI=1S/C23H28O4/c1-4-21(17-5-7-22(15(2)9-17)26-13-19-11-24-19)18-6-8-23(16(3)10-18)27-14-20-12-25-20/h5-10,19-21H,4,11-14H2,1-3H3. The molecule has 0 bridgehead atoms. The fourth-order valence-electron chi connectivity index (χ4n) is 3.46. The number of hydrogen-bond donors (Lipinski definition) is 0.